The zero-order valence-electron chi connectivity index (χ0n) is 9.59. The van der Waals surface area contributed by atoms with Crippen LogP contribution in [0.15, 0.2) is 24.3 Å². The molecule has 1 aromatic carbocycles. The summed E-state index contributed by atoms with van der Waals surface area (Å²) in [7, 11) is 0. The van der Waals surface area contributed by atoms with Gasteiger partial charge in [0.1, 0.15) is 0 Å². The Morgan fingerprint density at radius 1 is 1.40 bits per heavy atom. The molecular weight excluding hydrogens is 206 g/mol. The van der Waals surface area contributed by atoms with Crippen LogP contribution in [0.5, 0.6) is 0 Å². The van der Waals surface area contributed by atoms with Gasteiger partial charge in [-0.05, 0) is 36.6 Å². The van der Waals surface area contributed by atoms with E-state index in [1.807, 2.05) is 18.2 Å². The first kappa shape index (κ1) is 12.5. The first-order valence-electron chi connectivity index (χ1n) is 5.67. The van der Waals surface area contributed by atoms with E-state index in [0.29, 0.717) is 0 Å². The fourth-order valence-electron chi connectivity index (χ4n) is 1.43. The third-order valence-corrected chi connectivity index (χ3v) is 2.96. The van der Waals surface area contributed by atoms with Crippen LogP contribution < -0.4 is 5.32 Å². The van der Waals surface area contributed by atoms with Crippen molar-refractivity contribution >= 4 is 11.6 Å². The van der Waals surface area contributed by atoms with E-state index >= 15 is 0 Å². The molecule has 0 radical (unpaired) electrons. The van der Waals surface area contributed by atoms with Gasteiger partial charge in [-0.1, -0.05) is 44.0 Å². The van der Waals surface area contributed by atoms with E-state index in [-0.39, 0.29) is 0 Å². The Bertz CT molecular complexity index is 286. The standard InChI is InChI=1S/C13H20ClN/c1-3-11(2)7-8-15-10-12-5-4-6-13(14)9-12/h4-6,9,11,15H,3,7-8,10H2,1-2H3. The average Bonchev–Trinajstić information content (AvgIpc) is 2.24. The van der Waals surface area contributed by atoms with Crippen molar-refractivity contribution < 1.29 is 0 Å². The van der Waals surface area contributed by atoms with Crippen LogP contribution in [0.1, 0.15) is 32.3 Å². The normalized spacial score (nSPS) is 12.7. The molecular formula is C13H20ClN. The Hall–Kier alpha value is -0.530. The maximum atomic E-state index is 5.90. The van der Waals surface area contributed by atoms with Gasteiger partial charge in [-0.15, -0.1) is 0 Å². The summed E-state index contributed by atoms with van der Waals surface area (Å²) in [5, 5.41) is 4.25. The second-order valence-electron chi connectivity index (χ2n) is 4.11. The molecule has 0 spiro atoms. The van der Waals surface area contributed by atoms with Crippen LogP contribution in [-0.2, 0) is 6.54 Å². The summed E-state index contributed by atoms with van der Waals surface area (Å²) in [4.78, 5) is 0. The highest BCUT2D eigenvalue weighted by atomic mass is 35.5. The van der Waals surface area contributed by atoms with E-state index in [9.17, 15) is 0 Å². The Morgan fingerprint density at radius 2 is 2.20 bits per heavy atom. The Balaban J connectivity index is 2.20. The van der Waals surface area contributed by atoms with Gasteiger partial charge in [0.15, 0.2) is 0 Å². The lowest BCUT2D eigenvalue weighted by Crippen LogP contribution is -2.16. The predicted octanol–water partition coefficient (Wildman–Crippen LogP) is 3.87. The van der Waals surface area contributed by atoms with E-state index in [4.69, 9.17) is 11.6 Å². The summed E-state index contributed by atoms with van der Waals surface area (Å²) < 4.78 is 0. The molecule has 0 saturated heterocycles. The molecule has 1 rings (SSSR count). The lowest BCUT2D eigenvalue weighted by molar-refractivity contribution is 0.488. The van der Waals surface area contributed by atoms with Gasteiger partial charge in [0.2, 0.25) is 0 Å². The molecule has 2 heteroatoms. The van der Waals surface area contributed by atoms with Crippen molar-refractivity contribution in [3.63, 3.8) is 0 Å². The molecule has 1 N–H and O–H groups in total. The molecule has 0 aliphatic rings. The molecule has 1 aromatic rings. The van der Waals surface area contributed by atoms with Gasteiger partial charge in [-0.3, -0.25) is 0 Å². The molecule has 0 saturated carbocycles. The van der Waals surface area contributed by atoms with Crippen molar-refractivity contribution in [3.05, 3.63) is 34.9 Å². The van der Waals surface area contributed by atoms with Crippen LogP contribution in [0.2, 0.25) is 5.02 Å². The van der Waals surface area contributed by atoms with Crippen LogP contribution in [0.4, 0.5) is 0 Å². The molecule has 0 aromatic heterocycles. The van der Waals surface area contributed by atoms with E-state index in [1.165, 1.54) is 18.4 Å². The van der Waals surface area contributed by atoms with Crippen LogP contribution in [-0.4, -0.2) is 6.54 Å². The van der Waals surface area contributed by atoms with Crippen LogP contribution in [0.25, 0.3) is 0 Å². The lowest BCUT2D eigenvalue weighted by atomic mass is 10.1. The minimum Gasteiger partial charge on any atom is -0.313 e. The van der Waals surface area contributed by atoms with Gasteiger partial charge in [0.25, 0.3) is 0 Å². The van der Waals surface area contributed by atoms with Crippen LogP contribution in [0, 0.1) is 5.92 Å². The summed E-state index contributed by atoms with van der Waals surface area (Å²) in [6.45, 7) is 6.53. The van der Waals surface area contributed by atoms with E-state index in [0.717, 1.165) is 24.0 Å². The number of halogens is 1. The predicted molar refractivity (Wildman–Crippen MR) is 67.2 cm³/mol. The van der Waals surface area contributed by atoms with Crippen molar-refractivity contribution in [3.8, 4) is 0 Å². The van der Waals surface area contributed by atoms with Gasteiger partial charge in [0.05, 0.1) is 0 Å². The van der Waals surface area contributed by atoms with Gasteiger partial charge in [-0.2, -0.15) is 0 Å². The zero-order valence-corrected chi connectivity index (χ0v) is 10.3. The number of nitrogens with one attached hydrogen (secondary N) is 1. The number of benzene rings is 1. The molecule has 0 heterocycles. The smallest absolute Gasteiger partial charge is 0.0409 e. The minimum absolute atomic E-state index is 0.816. The quantitative estimate of drug-likeness (QED) is 0.725. The number of rotatable bonds is 6. The molecule has 1 unspecified atom stereocenters. The summed E-state index contributed by atoms with van der Waals surface area (Å²) >= 11 is 5.90. The van der Waals surface area contributed by atoms with E-state index in [2.05, 4.69) is 25.2 Å². The van der Waals surface area contributed by atoms with E-state index < -0.39 is 0 Å². The second kappa shape index (κ2) is 6.86. The Morgan fingerprint density at radius 3 is 2.87 bits per heavy atom. The number of hydrogen-bond acceptors (Lipinski definition) is 1. The highest BCUT2D eigenvalue weighted by Crippen LogP contribution is 2.10. The lowest BCUT2D eigenvalue weighted by Gasteiger charge is -2.09. The van der Waals surface area contributed by atoms with Crippen molar-refractivity contribution in [2.45, 2.75) is 33.2 Å². The fourth-order valence-corrected chi connectivity index (χ4v) is 1.65. The van der Waals surface area contributed by atoms with Crippen molar-refractivity contribution in [2.24, 2.45) is 5.92 Å². The first-order chi connectivity index (χ1) is 7.22. The zero-order chi connectivity index (χ0) is 11.1. The van der Waals surface area contributed by atoms with Gasteiger partial charge >= 0.3 is 0 Å². The van der Waals surface area contributed by atoms with Crippen molar-refractivity contribution in [2.75, 3.05) is 6.54 Å². The molecule has 1 nitrogen and oxygen atoms in total. The largest absolute Gasteiger partial charge is 0.313 e. The Kier molecular flexibility index (Phi) is 5.74. The van der Waals surface area contributed by atoms with Gasteiger partial charge in [0, 0.05) is 11.6 Å². The third-order valence-electron chi connectivity index (χ3n) is 2.73. The fraction of sp³-hybridized carbons (Fsp3) is 0.538. The summed E-state index contributed by atoms with van der Waals surface area (Å²) in [5.74, 6) is 0.817. The molecule has 0 fully saturated rings. The van der Waals surface area contributed by atoms with Crippen molar-refractivity contribution in [1.29, 1.82) is 0 Å². The molecule has 0 aliphatic heterocycles. The molecule has 1 atom stereocenters. The summed E-state index contributed by atoms with van der Waals surface area (Å²) in [5.41, 5.74) is 1.26. The first-order valence-corrected chi connectivity index (χ1v) is 6.05. The topological polar surface area (TPSA) is 12.0 Å². The highest BCUT2D eigenvalue weighted by Gasteiger charge is 1.98. The molecule has 0 bridgehead atoms. The highest BCUT2D eigenvalue weighted by molar-refractivity contribution is 6.30. The molecule has 84 valence electrons. The van der Waals surface area contributed by atoms with Gasteiger partial charge < -0.3 is 5.32 Å². The summed E-state index contributed by atoms with van der Waals surface area (Å²) in [6.07, 6.45) is 2.51. The van der Waals surface area contributed by atoms with E-state index in [1.54, 1.807) is 0 Å². The minimum atomic E-state index is 0.816. The molecule has 0 amide bonds. The molecule has 0 aliphatic carbocycles. The summed E-state index contributed by atoms with van der Waals surface area (Å²) in [6, 6.07) is 8.01. The van der Waals surface area contributed by atoms with Crippen LogP contribution >= 0.6 is 11.6 Å². The number of hydrogen-bond donors (Lipinski definition) is 1. The van der Waals surface area contributed by atoms with Crippen molar-refractivity contribution in [1.82, 2.24) is 5.32 Å². The maximum Gasteiger partial charge on any atom is 0.0409 e. The van der Waals surface area contributed by atoms with Crippen LogP contribution in [0.3, 0.4) is 0 Å². The third kappa shape index (κ3) is 5.19. The molecule has 15 heavy (non-hydrogen) atoms. The average molecular weight is 226 g/mol. The SMILES string of the molecule is CCC(C)CCNCc1cccc(Cl)c1. The second-order valence-corrected chi connectivity index (χ2v) is 4.55. The van der Waals surface area contributed by atoms with Gasteiger partial charge in [-0.25, -0.2) is 0 Å². The monoisotopic (exact) mass is 225 g/mol. The Labute approximate surface area is 97.8 Å². The maximum absolute atomic E-state index is 5.90.